The summed E-state index contributed by atoms with van der Waals surface area (Å²) < 4.78 is 37.6. The number of alkyl halides is 3. The Bertz CT molecular complexity index is 888. The third-order valence-electron chi connectivity index (χ3n) is 4.43. The quantitative estimate of drug-likeness (QED) is 0.656. The number of allylic oxidation sites excluding steroid dienone is 2. The van der Waals surface area contributed by atoms with E-state index in [1.807, 2.05) is 26.1 Å². The van der Waals surface area contributed by atoms with E-state index < -0.39 is 11.7 Å². The van der Waals surface area contributed by atoms with Crippen molar-refractivity contribution in [2.24, 2.45) is 0 Å². The summed E-state index contributed by atoms with van der Waals surface area (Å²) in [6.45, 7) is 5.73. The van der Waals surface area contributed by atoms with Crippen LogP contribution in [0.2, 0.25) is 0 Å². The maximum atomic E-state index is 12.5. The Balaban J connectivity index is 1.56. The second kappa shape index (κ2) is 8.28. The minimum Gasteiger partial charge on any atom is -0.387 e. The molecule has 0 atom stereocenters. The topological polar surface area (TPSA) is 74.8 Å². The molecule has 0 bridgehead atoms. The smallest absolute Gasteiger partial charge is 0.387 e. The van der Waals surface area contributed by atoms with E-state index in [2.05, 4.69) is 37.2 Å². The van der Waals surface area contributed by atoms with Gasteiger partial charge in [-0.25, -0.2) is 4.98 Å². The Labute approximate surface area is 161 Å². The predicted octanol–water partition coefficient (Wildman–Crippen LogP) is 3.53. The first-order valence-corrected chi connectivity index (χ1v) is 8.81. The molecule has 9 heteroatoms. The van der Waals surface area contributed by atoms with Crippen molar-refractivity contribution >= 4 is 17.2 Å². The van der Waals surface area contributed by atoms with Gasteiger partial charge in [0.15, 0.2) is 5.82 Å². The molecule has 2 aromatic heterocycles. The highest BCUT2D eigenvalue weighted by Gasteiger charge is 2.30. The van der Waals surface area contributed by atoms with Crippen LogP contribution in [-0.4, -0.2) is 34.8 Å². The lowest BCUT2D eigenvalue weighted by Crippen LogP contribution is -2.17. The number of anilines is 2. The molecule has 3 N–H and O–H groups in total. The van der Waals surface area contributed by atoms with Gasteiger partial charge in [-0.05, 0) is 49.4 Å². The van der Waals surface area contributed by atoms with Crippen LogP contribution in [0.5, 0.6) is 0 Å². The fourth-order valence-corrected chi connectivity index (χ4v) is 2.71. The molecule has 3 rings (SSSR count). The van der Waals surface area contributed by atoms with E-state index in [-0.39, 0.29) is 0 Å². The fraction of sp³-hybridized carbons (Fsp3) is 0.316. The van der Waals surface area contributed by atoms with Crippen molar-refractivity contribution < 1.29 is 13.2 Å². The lowest BCUT2D eigenvalue weighted by Gasteiger charge is -2.15. The van der Waals surface area contributed by atoms with Crippen molar-refractivity contribution in [3.63, 3.8) is 0 Å². The van der Waals surface area contributed by atoms with E-state index in [9.17, 15) is 13.2 Å². The highest BCUT2D eigenvalue weighted by Crippen LogP contribution is 2.29. The summed E-state index contributed by atoms with van der Waals surface area (Å²) in [5, 5.41) is 17.9. The number of hydrogen-bond donors (Lipinski definition) is 3. The first-order chi connectivity index (χ1) is 13.4. The molecule has 0 radical (unpaired) electrons. The molecule has 0 amide bonds. The number of halogens is 3. The molecular weight excluding hydrogens is 369 g/mol. The highest BCUT2D eigenvalue weighted by molar-refractivity contribution is 5.75. The summed E-state index contributed by atoms with van der Waals surface area (Å²) in [4.78, 5) is 3.78. The molecule has 0 saturated carbocycles. The molecule has 148 valence electrons. The highest BCUT2D eigenvalue weighted by atomic mass is 19.4. The summed E-state index contributed by atoms with van der Waals surface area (Å²) in [7, 11) is 0. The molecule has 28 heavy (non-hydrogen) atoms. The number of dihydropyridines is 1. The van der Waals surface area contributed by atoms with Gasteiger partial charge >= 0.3 is 6.18 Å². The van der Waals surface area contributed by atoms with Crippen molar-refractivity contribution in [3.05, 3.63) is 59.1 Å². The van der Waals surface area contributed by atoms with Crippen LogP contribution in [0.1, 0.15) is 22.4 Å². The van der Waals surface area contributed by atoms with E-state index in [0.29, 0.717) is 24.7 Å². The molecular formula is C19H21F3N6. The number of nitrogens with zero attached hydrogens (tertiary/aromatic N) is 3. The van der Waals surface area contributed by atoms with E-state index >= 15 is 0 Å². The number of rotatable bonds is 6. The molecule has 6 nitrogen and oxygen atoms in total. The number of pyridine rings is 1. The zero-order chi connectivity index (χ0) is 20.1. The van der Waals surface area contributed by atoms with Crippen LogP contribution in [0, 0.1) is 13.8 Å². The average Bonchev–Trinajstić information content (AvgIpc) is 2.69. The van der Waals surface area contributed by atoms with Crippen LogP contribution >= 0.6 is 0 Å². The second-order valence-corrected chi connectivity index (χ2v) is 6.33. The molecule has 1 aliphatic heterocycles. The van der Waals surface area contributed by atoms with Crippen LogP contribution in [0.25, 0.3) is 5.57 Å². The lowest BCUT2D eigenvalue weighted by molar-refractivity contribution is -0.137. The number of hydrogen-bond acceptors (Lipinski definition) is 6. The van der Waals surface area contributed by atoms with Crippen molar-refractivity contribution in [3.8, 4) is 0 Å². The third-order valence-corrected chi connectivity index (χ3v) is 4.43. The molecule has 3 heterocycles. The van der Waals surface area contributed by atoms with Gasteiger partial charge in [0, 0.05) is 31.4 Å². The second-order valence-electron chi connectivity index (χ2n) is 6.33. The van der Waals surface area contributed by atoms with Crippen LogP contribution < -0.4 is 16.0 Å². The third kappa shape index (κ3) is 4.59. The van der Waals surface area contributed by atoms with E-state index in [0.717, 1.165) is 41.2 Å². The number of aromatic nitrogens is 3. The molecule has 0 saturated heterocycles. The van der Waals surface area contributed by atoms with Crippen molar-refractivity contribution in [1.29, 1.82) is 0 Å². The Morgan fingerprint density at radius 3 is 2.50 bits per heavy atom. The SMILES string of the molecule is Cc1c(NCCNc2ccc(C(F)(F)F)cn2)nnc(C2=CCNC=C2)c1C. The van der Waals surface area contributed by atoms with Gasteiger partial charge in [-0.15, -0.1) is 10.2 Å². The van der Waals surface area contributed by atoms with Crippen LogP contribution in [0.15, 0.2) is 36.7 Å². The van der Waals surface area contributed by atoms with Crippen molar-refractivity contribution in [2.45, 2.75) is 20.0 Å². The first-order valence-electron chi connectivity index (χ1n) is 8.81. The van der Waals surface area contributed by atoms with E-state index in [4.69, 9.17) is 0 Å². The standard InChI is InChI=1S/C19H21F3N6/c1-12-13(2)18(28-27-17(12)14-5-7-23-8-6-14)25-10-9-24-16-4-3-15(11-26-16)19(20,21)22/h3-7,11,23H,8-10H2,1-2H3,(H,24,26)(H,25,28). The zero-order valence-corrected chi connectivity index (χ0v) is 15.6. The number of nitrogens with one attached hydrogen (secondary N) is 3. The molecule has 0 aliphatic carbocycles. The molecule has 1 aliphatic rings. The van der Waals surface area contributed by atoms with Crippen LogP contribution in [0.3, 0.4) is 0 Å². The Kier molecular flexibility index (Phi) is 5.81. The predicted molar refractivity (Wildman–Crippen MR) is 103 cm³/mol. The Morgan fingerprint density at radius 2 is 1.86 bits per heavy atom. The minimum absolute atomic E-state index is 0.383. The molecule has 0 spiro atoms. The monoisotopic (exact) mass is 390 g/mol. The summed E-state index contributed by atoms with van der Waals surface area (Å²) in [6.07, 6.45) is 2.35. The maximum absolute atomic E-state index is 12.5. The minimum atomic E-state index is -4.38. The largest absolute Gasteiger partial charge is 0.417 e. The average molecular weight is 390 g/mol. The van der Waals surface area contributed by atoms with E-state index in [1.165, 1.54) is 6.07 Å². The van der Waals surface area contributed by atoms with Crippen LogP contribution in [0.4, 0.5) is 24.8 Å². The summed E-state index contributed by atoms with van der Waals surface area (Å²) >= 11 is 0. The fourth-order valence-electron chi connectivity index (χ4n) is 2.71. The lowest BCUT2D eigenvalue weighted by atomic mass is 10.0. The molecule has 0 unspecified atom stereocenters. The first kappa shape index (κ1) is 19.7. The molecule has 0 aromatic carbocycles. The van der Waals surface area contributed by atoms with Gasteiger partial charge < -0.3 is 16.0 Å². The molecule has 2 aromatic rings. The Morgan fingerprint density at radius 1 is 1.07 bits per heavy atom. The normalized spacial score (nSPS) is 13.7. The van der Waals surface area contributed by atoms with E-state index in [1.54, 1.807) is 0 Å². The van der Waals surface area contributed by atoms with Gasteiger partial charge in [0.25, 0.3) is 0 Å². The van der Waals surface area contributed by atoms with Crippen LogP contribution in [-0.2, 0) is 6.18 Å². The van der Waals surface area contributed by atoms with Gasteiger partial charge in [-0.3, -0.25) is 0 Å². The van der Waals surface area contributed by atoms with Gasteiger partial charge in [0.05, 0.1) is 11.3 Å². The summed E-state index contributed by atoms with van der Waals surface area (Å²) in [5.74, 6) is 1.07. The summed E-state index contributed by atoms with van der Waals surface area (Å²) in [6, 6.07) is 2.32. The zero-order valence-electron chi connectivity index (χ0n) is 15.6. The van der Waals surface area contributed by atoms with Gasteiger partial charge in [-0.1, -0.05) is 6.08 Å². The maximum Gasteiger partial charge on any atom is 0.417 e. The van der Waals surface area contributed by atoms with Crippen molar-refractivity contribution in [1.82, 2.24) is 20.5 Å². The van der Waals surface area contributed by atoms with Gasteiger partial charge in [0.2, 0.25) is 0 Å². The summed E-state index contributed by atoms with van der Waals surface area (Å²) in [5.41, 5.74) is 3.18. The van der Waals surface area contributed by atoms with Gasteiger partial charge in [0.1, 0.15) is 5.82 Å². The Hall–Kier alpha value is -3.10. The van der Waals surface area contributed by atoms with Gasteiger partial charge in [-0.2, -0.15) is 13.2 Å². The van der Waals surface area contributed by atoms with Crippen molar-refractivity contribution in [2.75, 3.05) is 30.3 Å². The molecule has 0 fully saturated rings.